The van der Waals surface area contributed by atoms with E-state index in [-0.39, 0.29) is 25.9 Å². The molecule has 0 aromatic carbocycles. The average molecular weight is 1090 g/mol. The van der Waals surface area contributed by atoms with Crippen molar-refractivity contribution < 1.29 is 52.2 Å². The minimum atomic E-state index is -4.76. The highest BCUT2D eigenvalue weighted by Crippen LogP contribution is 2.43. The summed E-state index contributed by atoms with van der Waals surface area (Å²) in [5, 5.41) is 9.83. The van der Waals surface area contributed by atoms with Crippen molar-refractivity contribution in [2.24, 2.45) is 0 Å². The van der Waals surface area contributed by atoms with Crippen molar-refractivity contribution in [1.29, 1.82) is 0 Å². The summed E-state index contributed by atoms with van der Waals surface area (Å²) in [7, 11) is -4.76. The van der Waals surface area contributed by atoms with Crippen molar-refractivity contribution in [3.8, 4) is 0 Å². The predicted molar refractivity (Wildman–Crippen MR) is 316 cm³/mol. The number of carbonyl (C=O) groups is 3. The molecule has 76 heavy (non-hydrogen) atoms. The molecule has 3 atom stereocenters. The largest absolute Gasteiger partial charge is 0.472 e. The fraction of sp³-hybridized carbons (Fsp3) is 0.734. The molecule has 0 fully saturated rings. The van der Waals surface area contributed by atoms with Crippen LogP contribution < -0.4 is 0 Å². The maximum absolute atomic E-state index is 12.9. The van der Waals surface area contributed by atoms with Gasteiger partial charge in [0, 0.05) is 19.3 Å². The Morgan fingerprint density at radius 3 is 0.987 bits per heavy atom. The van der Waals surface area contributed by atoms with Crippen LogP contribution in [0.2, 0.25) is 0 Å². The number of aliphatic hydroxyl groups is 1. The van der Waals surface area contributed by atoms with Crippen molar-refractivity contribution in [2.45, 2.75) is 277 Å². The third-order valence-corrected chi connectivity index (χ3v) is 13.7. The zero-order valence-corrected chi connectivity index (χ0v) is 49.3. The molecule has 0 aromatic rings. The van der Waals surface area contributed by atoms with Gasteiger partial charge >= 0.3 is 25.7 Å². The van der Waals surface area contributed by atoms with Crippen molar-refractivity contribution >= 4 is 25.7 Å². The van der Waals surface area contributed by atoms with Crippen LogP contribution in [-0.2, 0) is 42.2 Å². The molecule has 0 aromatic heterocycles. The predicted octanol–water partition coefficient (Wildman–Crippen LogP) is 18.3. The van der Waals surface area contributed by atoms with E-state index in [0.717, 1.165) is 141 Å². The lowest BCUT2D eigenvalue weighted by Gasteiger charge is -2.21. The molecule has 0 aliphatic carbocycles. The van der Waals surface area contributed by atoms with Gasteiger partial charge in [-0.15, -0.1) is 0 Å². The van der Waals surface area contributed by atoms with Crippen molar-refractivity contribution in [3.63, 3.8) is 0 Å². The maximum Gasteiger partial charge on any atom is 0.472 e. The van der Waals surface area contributed by atoms with E-state index in [1.165, 1.54) is 64.2 Å². The molecule has 0 saturated carbocycles. The smallest absolute Gasteiger partial charge is 0.462 e. The Morgan fingerprint density at radius 1 is 0.368 bits per heavy atom. The second-order valence-corrected chi connectivity index (χ2v) is 21.6. The molecule has 0 spiro atoms. The zero-order valence-electron chi connectivity index (χ0n) is 48.5. The third kappa shape index (κ3) is 55.4. The summed E-state index contributed by atoms with van der Waals surface area (Å²) >= 11 is 0. The second kappa shape index (κ2) is 57.8. The first-order valence-electron chi connectivity index (χ1n) is 30.5. The molecular formula is C64H111O11P. The Balaban J connectivity index is 4.77. The minimum Gasteiger partial charge on any atom is -0.462 e. The molecule has 0 saturated heterocycles. The molecule has 3 unspecified atom stereocenters. The fourth-order valence-electron chi connectivity index (χ4n) is 8.07. The van der Waals surface area contributed by atoms with Gasteiger partial charge < -0.3 is 24.2 Å². The normalized spacial score (nSPS) is 13.9. The van der Waals surface area contributed by atoms with Crippen molar-refractivity contribution in [1.82, 2.24) is 0 Å². The van der Waals surface area contributed by atoms with Gasteiger partial charge in [-0.3, -0.25) is 23.4 Å². The molecule has 0 radical (unpaired) electrons. The lowest BCUT2D eigenvalue weighted by atomic mass is 10.1. The van der Waals surface area contributed by atoms with Gasteiger partial charge in [-0.1, -0.05) is 209 Å². The maximum atomic E-state index is 12.9. The van der Waals surface area contributed by atoms with Gasteiger partial charge in [0.15, 0.2) is 6.10 Å². The van der Waals surface area contributed by atoms with Gasteiger partial charge in [0.1, 0.15) is 12.7 Å². The standard InChI is InChI=1S/C64H111O11P/c1-4-7-10-13-16-19-22-25-28-29-30-31-34-37-40-43-46-49-52-55-64(68)75-61(57-71-62(66)53-50-47-44-41-38-35-32-26-23-20-17-14-11-8-5-2)59-73-76(69,70)72-58-60(56-65)74-63(67)54-51-48-45-42-39-36-33-27-24-21-18-15-12-9-6-3/h16-21,25-28,30-33,60-61,65H,4-15,22-24,29,34-59H2,1-3H3,(H,69,70)/b19-16-,20-17-,21-18-,28-25-,31-30-,32-26-,33-27-. The van der Waals surface area contributed by atoms with Gasteiger partial charge in [0.25, 0.3) is 0 Å². The van der Waals surface area contributed by atoms with Crippen LogP contribution >= 0.6 is 7.82 Å². The fourth-order valence-corrected chi connectivity index (χ4v) is 8.85. The first kappa shape index (κ1) is 72.7. The van der Waals surface area contributed by atoms with E-state index in [0.29, 0.717) is 19.3 Å². The lowest BCUT2D eigenvalue weighted by Crippen LogP contribution is -2.30. The van der Waals surface area contributed by atoms with Crippen LogP contribution in [0.3, 0.4) is 0 Å². The summed E-state index contributed by atoms with van der Waals surface area (Å²) in [5.41, 5.74) is 0. The number of hydrogen-bond donors (Lipinski definition) is 2. The molecule has 0 aliphatic rings. The van der Waals surface area contributed by atoms with E-state index >= 15 is 0 Å². The van der Waals surface area contributed by atoms with E-state index in [4.69, 9.17) is 23.3 Å². The first-order chi connectivity index (χ1) is 37.2. The Hall–Kier alpha value is -3.34. The monoisotopic (exact) mass is 1090 g/mol. The van der Waals surface area contributed by atoms with Crippen molar-refractivity contribution in [3.05, 3.63) is 85.1 Å². The van der Waals surface area contributed by atoms with Crippen LogP contribution in [0.25, 0.3) is 0 Å². The highest BCUT2D eigenvalue weighted by atomic mass is 31.2. The number of aliphatic hydroxyl groups excluding tert-OH is 1. The van der Waals surface area contributed by atoms with E-state index in [1.54, 1.807) is 0 Å². The summed E-state index contributed by atoms with van der Waals surface area (Å²) < 4.78 is 39.6. The zero-order chi connectivity index (χ0) is 55.5. The van der Waals surface area contributed by atoms with Crippen LogP contribution in [0.1, 0.15) is 265 Å². The summed E-state index contributed by atoms with van der Waals surface area (Å²) in [5.74, 6) is -1.51. The Morgan fingerprint density at radius 2 is 0.645 bits per heavy atom. The molecule has 12 heteroatoms. The summed E-state index contributed by atoms with van der Waals surface area (Å²) in [6.45, 7) is 4.53. The number of hydrogen-bond acceptors (Lipinski definition) is 10. The Kier molecular flexibility index (Phi) is 55.3. The number of unbranched alkanes of at least 4 members (excludes halogenated alkanes) is 25. The first-order valence-corrected chi connectivity index (χ1v) is 32.0. The molecular weight excluding hydrogens is 976 g/mol. The van der Waals surface area contributed by atoms with Gasteiger partial charge in [-0.2, -0.15) is 0 Å². The van der Waals surface area contributed by atoms with Gasteiger partial charge in [-0.25, -0.2) is 4.57 Å². The Labute approximate surface area is 464 Å². The van der Waals surface area contributed by atoms with E-state index < -0.39 is 57.8 Å². The number of phosphoric ester groups is 1. The van der Waals surface area contributed by atoms with Gasteiger partial charge in [-0.05, 0) is 122 Å². The number of carbonyl (C=O) groups excluding carboxylic acids is 3. The van der Waals surface area contributed by atoms with Crippen LogP contribution in [0.4, 0.5) is 0 Å². The van der Waals surface area contributed by atoms with E-state index in [1.807, 2.05) is 0 Å². The molecule has 11 nitrogen and oxygen atoms in total. The molecule has 0 aliphatic heterocycles. The molecule has 0 rings (SSSR count). The van der Waals surface area contributed by atoms with Crippen molar-refractivity contribution in [2.75, 3.05) is 26.4 Å². The lowest BCUT2D eigenvalue weighted by molar-refractivity contribution is -0.161. The number of rotatable bonds is 56. The highest BCUT2D eigenvalue weighted by molar-refractivity contribution is 7.47. The highest BCUT2D eigenvalue weighted by Gasteiger charge is 2.28. The second-order valence-electron chi connectivity index (χ2n) is 20.2. The average Bonchev–Trinajstić information content (AvgIpc) is 3.41. The number of ether oxygens (including phenoxy) is 3. The SMILES string of the molecule is CCCCC/C=C\C/C=C\C/C=C\CCCCCCCCC(=O)OC(COC(=O)CCCCCCC/C=C\C/C=C\CCCCC)COP(=O)(O)OCC(CO)OC(=O)CCCCCCC/C=C\C/C=C\CCCCC. The number of allylic oxidation sites excluding steroid dienone is 14. The minimum absolute atomic E-state index is 0.146. The van der Waals surface area contributed by atoms with Crippen LogP contribution in [0.15, 0.2) is 85.1 Å². The van der Waals surface area contributed by atoms with Crippen LogP contribution in [-0.4, -0.2) is 66.5 Å². The summed E-state index contributed by atoms with van der Waals surface area (Å²) in [4.78, 5) is 48.6. The topological polar surface area (TPSA) is 155 Å². The van der Waals surface area contributed by atoms with E-state index in [9.17, 15) is 28.9 Å². The molecule has 438 valence electrons. The van der Waals surface area contributed by atoms with Gasteiger partial charge in [0.2, 0.25) is 0 Å². The molecule has 0 heterocycles. The van der Waals surface area contributed by atoms with Crippen LogP contribution in [0, 0.1) is 0 Å². The molecule has 0 amide bonds. The summed E-state index contributed by atoms with van der Waals surface area (Å²) in [6.07, 6.45) is 66.7. The van der Waals surface area contributed by atoms with Crippen LogP contribution in [0.5, 0.6) is 0 Å². The Bertz CT molecular complexity index is 1600. The summed E-state index contributed by atoms with van der Waals surface area (Å²) in [6, 6.07) is 0. The van der Waals surface area contributed by atoms with E-state index in [2.05, 4.69) is 106 Å². The number of esters is 3. The van der Waals surface area contributed by atoms with Gasteiger partial charge in [0.05, 0.1) is 19.8 Å². The number of phosphoric acid groups is 1. The molecule has 2 N–H and O–H groups in total. The third-order valence-electron chi connectivity index (χ3n) is 12.8. The molecule has 0 bridgehead atoms. The quantitative estimate of drug-likeness (QED) is 0.0197.